The minimum atomic E-state index is -0.550. The number of benzene rings is 2. The standard InChI is InChI=1S/C26H32ClN3O3/c1-18(2)32-17-22(31)15-30(21-11-12-21)16-24-25(19-7-5-4-6-8-19)28-29(3)26(24)33-23-13-9-20(27)10-14-23/h4-10,13-14,18,21-22,31H,11-12,15-17H2,1-3H3. The van der Waals surface area contributed by atoms with E-state index >= 15 is 0 Å². The van der Waals surface area contributed by atoms with Gasteiger partial charge in [0, 0.05) is 36.8 Å². The van der Waals surface area contributed by atoms with Crippen LogP contribution in [0, 0.1) is 0 Å². The summed E-state index contributed by atoms with van der Waals surface area (Å²) in [5.74, 6) is 1.39. The van der Waals surface area contributed by atoms with Gasteiger partial charge in [-0.3, -0.25) is 4.90 Å². The predicted octanol–water partition coefficient (Wildman–Crippen LogP) is 5.28. The Morgan fingerprint density at radius 2 is 1.82 bits per heavy atom. The van der Waals surface area contributed by atoms with Crippen molar-refractivity contribution in [2.45, 2.75) is 51.5 Å². The Morgan fingerprint density at radius 3 is 2.45 bits per heavy atom. The molecule has 33 heavy (non-hydrogen) atoms. The lowest BCUT2D eigenvalue weighted by atomic mass is 10.1. The van der Waals surface area contributed by atoms with Gasteiger partial charge in [0.2, 0.25) is 5.88 Å². The van der Waals surface area contributed by atoms with Crippen LogP contribution in [0.5, 0.6) is 11.6 Å². The second-order valence-corrected chi connectivity index (χ2v) is 9.31. The van der Waals surface area contributed by atoms with Crippen molar-refractivity contribution in [1.82, 2.24) is 14.7 Å². The second kappa shape index (κ2) is 10.7. The molecule has 7 heteroatoms. The minimum absolute atomic E-state index is 0.0939. The molecule has 1 aliphatic rings. The van der Waals surface area contributed by atoms with Gasteiger partial charge < -0.3 is 14.6 Å². The van der Waals surface area contributed by atoms with E-state index in [1.165, 1.54) is 0 Å². The van der Waals surface area contributed by atoms with Gasteiger partial charge in [0.05, 0.1) is 24.4 Å². The van der Waals surface area contributed by atoms with Gasteiger partial charge in [-0.05, 0) is 51.0 Å². The summed E-state index contributed by atoms with van der Waals surface area (Å²) in [4.78, 5) is 2.33. The first-order valence-corrected chi connectivity index (χ1v) is 11.9. The van der Waals surface area contributed by atoms with Crippen molar-refractivity contribution in [1.29, 1.82) is 0 Å². The maximum absolute atomic E-state index is 10.6. The zero-order valence-electron chi connectivity index (χ0n) is 19.4. The summed E-state index contributed by atoms with van der Waals surface area (Å²) in [6.45, 7) is 5.46. The van der Waals surface area contributed by atoms with E-state index in [0.717, 1.165) is 29.7 Å². The second-order valence-electron chi connectivity index (χ2n) is 8.87. The highest BCUT2D eigenvalue weighted by molar-refractivity contribution is 6.30. The van der Waals surface area contributed by atoms with Gasteiger partial charge in [0.1, 0.15) is 11.4 Å². The van der Waals surface area contributed by atoms with Crippen LogP contribution in [0.1, 0.15) is 32.3 Å². The molecule has 0 amide bonds. The van der Waals surface area contributed by atoms with E-state index in [4.69, 9.17) is 26.2 Å². The van der Waals surface area contributed by atoms with Crippen molar-refractivity contribution in [2.75, 3.05) is 13.2 Å². The van der Waals surface area contributed by atoms with Crippen LogP contribution in [0.2, 0.25) is 5.02 Å². The summed E-state index contributed by atoms with van der Waals surface area (Å²) in [7, 11) is 1.90. The molecule has 0 spiro atoms. The number of ether oxygens (including phenoxy) is 2. The lowest BCUT2D eigenvalue weighted by molar-refractivity contribution is -0.0107. The zero-order valence-corrected chi connectivity index (χ0v) is 20.2. The summed E-state index contributed by atoms with van der Waals surface area (Å²) in [6, 6.07) is 17.9. The van der Waals surface area contributed by atoms with Crippen molar-refractivity contribution in [3.05, 3.63) is 65.2 Å². The largest absolute Gasteiger partial charge is 0.439 e. The van der Waals surface area contributed by atoms with Crippen LogP contribution in [0.4, 0.5) is 0 Å². The number of hydrogen-bond acceptors (Lipinski definition) is 5. The molecule has 1 unspecified atom stereocenters. The van der Waals surface area contributed by atoms with E-state index in [-0.39, 0.29) is 6.10 Å². The average molecular weight is 470 g/mol. The zero-order chi connectivity index (χ0) is 23.4. The van der Waals surface area contributed by atoms with E-state index in [0.29, 0.717) is 42.4 Å². The van der Waals surface area contributed by atoms with Crippen LogP contribution < -0.4 is 4.74 Å². The van der Waals surface area contributed by atoms with Crippen LogP contribution in [0.25, 0.3) is 11.3 Å². The third-order valence-corrected chi connectivity index (χ3v) is 5.91. The smallest absolute Gasteiger partial charge is 0.222 e. The summed E-state index contributed by atoms with van der Waals surface area (Å²) in [5.41, 5.74) is 2.93. The molecule has 1 saturated carbocycles. The topological polar surface area (TPSA) is 59.8 Å². The maximum Gasteiger partial charge on any atom is 0.222 e. The van der Waals surface area contributed by atoms with Crippen LogP contribution >= 0.6 is 11.6 Å². The Labute approximate surface area is 200 Å². The van der Waals surface area contributed by atoms with Crippen LogP contribution in [0.15, 0.2) is 54.6 Å². The number of halogens is 1. The first-order valence-electron chi connectivity index (χ1n) is 11.5. The van der Waals surface area contributed by atoms with E-state index in [2.05, 4.69) is 17.0 Å². The number of aromatic nitrogens is 2. The predicted molar refractivity (Wildman–Crippen MR) is 131 cm³/mol. The molecule has 1 fully saturated rings. The fraction of sp³-hybridized carbons (Fsp3) is 0.423. The molecule has 1 heterocycles. The minimum Gasteiger partial charge on any atom is -0.439 e. The molecule has 1 atom stereocenters. The van der Waals surface area contributed by atoms with Gasteiger partial charge in [-0.15, -0.1) is 0 Å². The van der Waals surface area contributed by atoms with Gasteiger partial charge >= 0.3 is 0 Å². The third-order valence-electron chi connectivity index (χ3n) is 5.65. The lowest BCUT2D eigenvalue weighted by Gasteiger charge is -2.26. The Kier molecular flexibility index (Phi) is 7.71. The molecule has 0 aliphatic heterocycles. The fourth-order valence-corrected chi connectivity index (χ4v) is 4.00. The quantitative estimate of drug-likeness (QED) is 0.414. The molecule has 0 saturated heterocycles. The molecule has 1 aromatic heterocycles. The SMILES string of the molecule is CC(C)OCC(O)CN(Cc1c(-c2ccccc2)nn(C)c1Oc1ccc(Cl)cc1)C1CC1. The Hall–Kier alpha value is -2.38. The first kappa shape index (κ1) is 23.8. The number of aliphatic hydroxyl groups excluding tert-OH is 1. The average Bonchev–Trinajstić information content (AvgIpc) is 3.60. The summed E-state index contributed by atoms with van der Waals surface area (Å²) in [5, 5.41) is 16.1. The molecular weight excluding hydrogens is 438 g/mol. The summed E-state index contributed by atoms with van der Waals surface area (Å²) >= 11 is 6.05. The van der Waals surface area contributed by atoms with Crippen molar-refractivity contribution < 1.29 is 14.6 Å². The molecule has 6 nitrogen and oxygen atoms in total. The molecule has 4 rings (SSSR count). The van der Waals surface area contributed by atoms with Gasteiger partial charge in [-0.25, -0.2) is 4.68 Å². The third kappa shape index (κ3) is 6.36. The number of nitrogens with zero attached hydrogens (tertiary/aromatic N) is 3. The Bertz CT molecular complexity index is 1030. The van der Waals surface area contributed by atoms with Gasteiger partial charge in [-0.2, -0.15) is 5.10 Å². The van der Waals surface area contributed by atoms with Crippen LogP contribution in [0.3, 0.4) is 0 Å². The number of aliphatic hydroxyl groups is 1. The Balaban J connectivity index is 1.64. The monoisotopic (exact) mass is 469 g/mol. The van der Waals surface area contributed by atoms with Crippen molar-refractivity contribution in [3.8, 4) is 22.9 Å². The Morgan fingerprint density at radius 1 is 1.12 bits per heavy atom. The number of aryl methyl sites for hydroxylation is 1. The number of hydrogen-bond donors (Lipinski definition) is 1. The van der Waals surface area contributed by atoms with Crippen molar-refractivity contribution in [3.63, 3.8) is 0 Å². The molecule has 3 aromatic rings. The van der Waals surface area contributed by atoms with E-state index in [1.807, 2.05) is 63.4 Å². The lowest BCUT2D eigenvalue weighted by Crippen LogP contribution is -2.36. The molecule has 1 N–H and O–H groups in total. The van der Waals surface area contributed by atoms with Gasteiger partial charge in [-0.1, -0.05) is 41.9 Å². The molecular formula is C26H32ClN3O3. The highest BCUT2D eigenvalue weighted by atomic mass is 35.5. The molecule has 0 radical (unpaired) electrons. The van der Waals surface area contributed by atoms with Gasteiger partial charge in [0.15, 0.2) is 0 Å². The highest BCUT2D eigenvalue weighted by Gasteiger charge is 2.33. The first-order chi connectivity index (χ1) is 15.9. The molecule has 176 valence electrons. The van der Waals surface area contributed by atoms with Crippen LogP contribution in [-0.4, -0.2) is 51.2 Å². The van der Waals surface area contributed by atoms with E-state index in [1.54, 1.807) is 4.68 Å². The highest BCUT2D eigenvalue weighted by Crippen LogP contribution is 2.37. The summed E-state index contributed by atoms with van der Waals surface area (Å²) < 4.78 is 13.7. The van der Waals surface area contributed by atoms with E-state index in [9.17, 15) is 5.11 Å². The number of rotatable bonds is 11. The van der Waals surface area contributed by atoms with Crippen molar-refractivity contribution >= 4 is 11.6 Å². The van der Waals surface area contributed by atoms with Crippen molar-refractivity contribution in [2.24, 2.45) is 7.05 Å². The summed E-state index contributed by atoms with van der Waals surface area (Å²) in [6.07, 6.45) is 1.81. The molecule has 0 bridgehead atoms. The normalized spacial score (nSPS) is 14.8. The fourth-order valence-electron chi connectivity index (χ4n) is 3.88. The van der Waals surface area contributed by atoms with Gasteiger partial charge in [0.25, 0.3) is 0 Å². The molecule has 1 aliphatic carbocycles. The van der Waals surface area contributed by atoms with Crippen LogP contribution in [-0.2, 0) is 18.3 Å². The maximum atomic E-state index is 10.6. The van der Waals surface area contributed by atoms with E-state index < -0.39 is 6.10 Å². The molecule has 2 aromatic carbocycles.